The van der Waals surface area contributed by atoms with E-state index in [9.17, 15) is 18.0 Å². The molecule has 0 amide bonds. The molecule has 0 aromatic heterocycles. The molecular formula is C17H17NO7S. The van der Waals surface area contributed by atoms with Crippen molar-refractivity contribution in [2.75, 3.05) is 18.9 Å². The maximum Gasteiger partial charge on any atom is 0.337 e. The van der Waals surface area contributed by atoms with Gasteiger partial charge >= 0.3 is 11.9 Å². The third-order valence-electron chi connectivity index (χ3n) is 3.59. The smallest absolute Gasteiger partial charge is 0.337 e. The number of aryl methyl sites for hydroxylation is 1. The van der Waals surface area contributed by atoms with Crippen molar-refractivity contribution >= 4 is 27.6 Å². The van der Waals surface area contributed by atoms with Crippen LogP contribution in [0.1, 0.15) is 26.3 Å². The van der Waals surface area contributed by atoms with Gasteiger partial charge in [0.1, 0.15) is 10.6 Å². The molecule has 0 saturated carbocycles. The van der Waals surface area contributed by atoms with E-state index in [1.54, 1.807) is 6.92 Å². The van der Waals surface area contributed by atoms with Crippen LogP contribution in [-0.2, 0) is 14.8 Å². The zero-order valence-corrected chi connectivity index (χ0v) is 15.1. The molecule has 0 radical (unpaired) electrons. The third kappa shape index (κ3) is 3.94. The fourth-order valence-corrected chi connectivity index (χ4v) is 3.57. The second-order valence-corrected chi connectivity index (χ2v) is 6.95. The van der Waals surface area contributed by atoms with Crippen molar-refractivity contribution in [2.24, 2.45) is 0 Å². The van der Waals surface area contributed by atoms with Crippen molar-refractivity contribution in [2.45, 2.75) is 11.8 Å². The van der Waals surface area contributed by atoms with Gasteiger partial charge in [-0.1, -0.05) is 0 Å². The first-order valence-electron chi connectivity index (χ1n) is 7.32. The Morgan fingerprint density at radius 2 is 1.69 bits per heavy atom. The number of anilines is 1. The minimum atomic E-state index is -4.13. The van der Waals surface area contributed by atoms with Crippen LogP contribution in [0.15, 0.2) is 41.3 Å². The number of aromatic carboxylic acids is 1. The molecule has 2 N–H and O–H groups in total. The van der Waals surface area contributed by atoms with Gasteiger partial charge in [-0.3, -0.25) is 4.72 Å². The molecule has 9 heteroatoms. The van der Waals surface area contributed by atoms with Gasteiger partial charge < -0.3 is 14.6 Å². The Bertz CT molecular complexity index is 967. The third-order valence-corrected chi connectivity index (χ3v) is 4.98. The molecule has 0 unspecified atom stereocenters. The SMILES string of the molecule is COC(=O)c1ccc(NS(=O)(=O)c2cc(C(=O)O)ccc2OC)c(C)c1. The minimum absolute atomic E-state index is 0.00586. The lowest BCUT2D eigenvalue weighted by atomic mass is 10.1. The monoisotopic (exact) mass is 379 g/mol. The highest BCUT2D eigenvalue weighted by atomic mass is 32.2. The van der Waals surface area contributed by atoms with E-state index in [4.69, 9.17) is 9.84 Å². The van der Waals surface area contributed by atoms with Crippen molar-refractivity contribution in [1.82, 2.24) is 0 Å². The number of sulfonamides is 1. The number of ether oxygens (including phenoxy) is 2. The first-order valence-corrected chi connectivity index (χ1v) is 8.81. The molecule has 138 valence electrons. The van der Waals surface area contributed by atoms with Gasteiger partial charge in [-0.2, -0.15) is 0 Å². The molecule has 0 saturated heterocycles. The molecule has 0 atom stereocenters. The first-order chi connectivity index (χ1) is 12.2. The van der Waals surface area contributed by atoms with E-state index in [0.717, 1.165) is 6.07 Å². The molecule has 2 aromatic carbocycles. The van der Waals surface area contributed by atoms with E-state index >= 15 is 0 Å². The highest BCUT2D eigenvalue weighted by molar-refractivity contribution is 7.92. The number of methoxy groups -OCH3 is 2. The van der Waals surface area contributed by atoms with Crippen LogP contribution < -0.4 is 9.46 Å². The molecular weight excluding hydrogens is 362 g/mol. The second-order valence-electron chi connectivity index (χ2n) is 5.30. The van der Waals surface area contributed by atoms with E-state index in [0.29, 0.717) is 5.56 Å². The zero-order chi connectivity index (χ0) is 19.5. The Morgan fingerprint density at radius 1 is 1.04 bits per heavy atom. The quantitative estimate of drug-likeness (QED) is 0.739. The molecule has 0 aliphatic heterocycles. The number of hydrogen-bond acceptors (Lipinski definition) is 6. The van der Waals surface area contributed by atoms with Crippen LogP contribution in [0.3, 0.4) is 0 Å². The number of carbonyl (C=O) groups is 2. The van der Waals surface area contributed by atoms with Crippen LogP contribution in [0.2, 0.25) is 0 Å². The Kier molecular flexibility index (Phi) is 5.51. The van der Waals surface area contributed by atoms with Crippen molar-refractivity contribution in [3.8, 4) is 5.75 Å². The van der Waals surface area contributed by atoms with E-state index in [1.165, 1.54) is 44.6 Å². The Labute approximate surface area is 150 Å². The van der Waals surface area contributed by atoms with Gasteiger partial charge in [-0.15, -0.1) is 0 Å². The lowest BCUT2D eigenvalue weighted by Gasteiger charge is -2.14. The highest BCUT2D eigenvalue weighted by Gasteiger charge is 2.22. The van der Waals surface area contributed by atoms with Gasteiger partial charge in [0.15, 0.2) is 0 Å². The fraction of sp³-hybridized carbons (Fsp3) is 0.176. The normalized spacial score (nSPS) is 10.9. The maximum atomic E-state index is 12.7. The van der Waals surface area contributed by atoms with Crippen LogP contribution in [0.25, 0.3) is 0 Å². The van der Waals surface area contributed by atoms with Gasteiger partial charge in [-0.05, 0) is 48.9 Å². The van der Waals surface area contributed by atoms with Gasteiger partial charge in [0.2, 0.25) is 0 Å². The van der Waals surface area contributed by atoms with E-state index < -0.39 is 22.0 Å². The number of carboxylic acid groups (broad SMARTS) is 1. The molecule has 0 spiro atoms. The summed E-state index contributed by atoms with van der Waals surface area (Å²) >= 11 is 0. The molecule has 0 bridgehead atoms. The first kappa shape index (κ1) is 19.3. The molecule has 8 nitrogen and oxygen atoms in total. The van der Waals surface area contributed by atoms with E-state index in [2.05, 4.69) is 9.46 Å². The molecule has 2 rings (SSSR count). The molecule has 0 aliphatic rings. The Hall–Kier alpha value is -3.07. The van der Waals surface area contributed by atoms with Crippen LogP contribution in [0, 0.1) is 6.92 Å². The average Bonchev–Trinajstić information content (AvgIpc) is 2.61. The Balaban J connectivity index is 2.45. The highest BCUT2D eigenvalue weighted by Crippen LogP contribution is 2.28. The number of carboxylic acids is 1. The number of carbonyl (C=O) groups excluding carboxylic acids is 1. The summed E-state index contributed by atoms with van der Waals surface area (Å²) in [6.07, 6.45) is 0. The standard InChI is InChI=1S/C17H17NO7S/c1-10-8-12(17(21)25-3)4-6-13(10)18-26(22,23)15-9-11(16(19)20)5-7-14(15)24-2/h4-9,18H,1-3H3,(H,19,20). The number of rotatable bonds is 6. The average molecular weight is 379 g/mol. The molecule has 0 fully saturated rings. The summed E-state index contributed by atoms with van der Waals surface area (Å²) in [5.74, 6) is -1.80. The van der Waals surface area contributed by atoms with Crippen LogP contribution in [0.5, 0.6) is 5.75 Å². The summed E-state index contributed by atoms with van der Waals surface area (Å²) in [7, 11) is -1.60. The molecule has 0 heterocycles. The summed E-state index contributed by atoms with van der Waals surface area (Å²) < 4.78 is 37.4. The number of nitrogens with one attached hydrogen (secondary N) is 1. The van der Waals surface area contributed by atoms with Crippen LogP contribution in [0.4, 0.5) is 5.69 Å². The lowest BCUT2D eigenvalue weighted by molar-refractivity contribution is 0.0599. The van der Waals surface area contributed by atoms with Gasteiger partial charge in [0, 0.05) is 0 Å². The van der Waals surface area contributed by atoms with Crippen molar-refractivity contribution in [1.29, 1.82) is 0 Å². The summed E-state index contributed by atoms with van der Waals surface area (Å²) in [5, 5.41) is 9.08. The molecule has 2 aromatic rings. The molecule has 0 aliphatic carbocycles. The number of hydrogen-bond donors (Lipinski definition) is 2. The van der Waals surface area contributed by atoms with E-state index in [-0.39, 0.29) is 27.5 Å². The minimum Gasteiger partial charge on any atom is -0.495 e. The number of esters is 1. The van der Waals surface area contributed by atoms with Crippen molar-refractivity contribution in [3.05, 3.63) is 53.1 Å². The van der Waals surface area contributed by atoms with Gasteiger partial charge in [0.05, 0.1) is 31.0 Å². The number of benzene rings is 2. The Morgan fingerprint density at radius 3 is 2.23 bits per heavy atom. The predicted octanol–water partition coefficient (Wildman–Crippen LogP) is 2.29. The largest absolute Gasteiger partial charge is 0.495 e. The fourth-order valence-electron chi connectivity index (χ4n) is 2.24. The van der Waals surface area contributed by atoms with Gasteiger partial charge in [-0.25, -0.2) is 18.0 Å². The van der Waals surface area contributed by atoms with Gasteiger partial charge in [0.25, 0.3) is 10.0 Å². The zero-order valence-electron chi connectivity index (χ0n) is 14.3. The predicted molar refractivity (Wildman–Crippen MR) is 93.3 cm³/mol. The van der Waals surface area contributed by atoms with Crippen molar-refractivity contribution in [3.63, 3.8) is 0 Å². The summed E-state index contributed by atoms with van der Waals surface area (Å²) in [6.45, 7) is 1.62. The molecule has 26 heavy (non-hydrogen) atoms. The summed E-state index contributed by atoms with van der Waals surface area (Å²) in [4.78, 5) is 22.3. The van der Waals surface area contributed by atoms with Crippen LogP contribution >= 0.6 is 0 Å². The van der Waals surface area contributed by atoms with Crippen molar-refractivity contribution < 1.29 is 32.6 Å². The van der Waals surface area contributed by atoms with Crippen LogP contribution in [-0.4, -0.2) is 39.7 Å². The van der Waals surface area contributed by atoms with E-state index in [1.807, 2.05) is 0 Å². The maximum absolute atomic E-state index is 12.7. The summed E-state index contributed by atoms with van der Waals surface area (Å²) in [6, 6.07) is 7.85. The topological polar surface area (TPSA) is 119 Å². The summed E-state index contributed by atoms with van der Waals surface area (Å²) in [5.41, 5.74) is 0.813. The lowest BCUT2D eigenvalue weighted by Crippen LogP contribution is -2.16. The second kappa shape index (κ2) is 7.44.